The van der Waals surface area contributed by atoms with Crippen molar-refractivity contribution >= 4 is 15.9 Å². The topological polar surface area (TPSA) is 43.4 Å². The maximum atomic E-state index is 11.1. The molecule has 0 spiro atoms. The van der Waals surface area contributed by atoms with Crippen LogP contribution in [0.15, 0.2) is 0 Å². The monoisotopic (exact) mass is 373 g/mol. The molecule has 0 aromatic rings. The van der Waals surface area contributed by atoms with E-state index >= 15 is 0 Å². The van der Waals surface area contributed by atoms with Crippen molar-refractivity contribution in [3.05, 3.63) is 0 Å². The molecular formula is C11H22BF6NO3S. The maximum absolute atomic E-state index is 11.1. The van der Waals surface area contributed by atoms with E-state index in [0.717, 1.165) is 6.73 Å². The molecule has 0 N–H and O–H groups in total. The molecule has 1 heterocycles. The van der Waals surface area contributed by atoms with Crippen molar-refractivity contribution in [2.75, 3.05) is 26.4 Å². The Kier molecular flexibility index (Phi) is 7.89. The smallest absolute Gasteiger partial charge is 0.436 e. The Morgan fingerprint density at radius 2 is 1.57 bits per heavy atom. The van der Waals surface area contributed by atoms with Gasteiger partial charge in [-0.3, -0.25) is 8.42 Å². The highest BCUT2D eigenvalue weighted by molar-refractivity contribution is 8.20. The Morgan fingerprint density at radius 3 is 1.78 bits per heavy atom. The summed E-state index contributed by atoms with van der Waals surface area (Å²) < 4.78 is 92.2. The molecule has 0 unspecified atom stereocenters. The average Bonchev–Trinajstić information content (AvgIpc) is 2.84. The van der Waals surface area contributed by atoms with Gasteiger partial charge in [-0.1, -0.05) is 0 Å². The van der Waals surface area contributed by atoms with Crippen LogP contribution in [0.3, 0.4) is 0 Å². The molecule has 12 heteroatoms. The minimum absolute atomic E-state index is 0.382. The van der Waals surface area contributed by atoms with Gasteiger partial charge in [-0.15, -0.1) is 0 Å². The number of likely N-dealkylation sites (tertiary alicyclic amines) is 1. The highest BCUT2D eigenvalue weighted by Crippen LogP contribution is 2.33. The zero-order valence-electron chi connectivity index (χ0n) is 13.2. The molecule has 1 aliphatic rings. The number of ether oxygens (including phenoxy) is 1. The Bertz CT molecular complexity index is 437. The maximum Gasteiger partial charge on any atom is 0.616 e. The van der Waals surface area contributed by atoms with Crippen LogP contribution in [0.4, 0.5) is 26.1 Å². The van der Waals surface area contributed by atoms with Gasteiger partial charge in [-0.05, 0) is 20.8 Å². The minimum Gasteiger partial charge on any atom is -0.436 e. The fraction of sp³-hybridized carbons (Fsp3) is 1.00. The fourth-order valence-electron chi connectivity index (χ4n) is 2.00. The largest absolute Gasteiger partial charge is 0.616 e. The molecule has 0 aromatic carbocycles. The third-order valence-electron chi connectivity index (χ3n) is 3.54. The zero-order chi connectivity index (χ0) is 18.5. The van der Waals surface area contributed by atoms with Crippen LogP contribution in [-0.4, -0.2) is 57.1 Å². The fourth-order valence-corrected chi connectivity index (χ4v) is 2.30. The number of alkyl halides is 3. The lowest BCUT2D eigenvalue weighted by atomic mass is 10.4. The summed E-state index contributed by atoms with van der Waals surface area (Å²) in [5.74, 6) is 0. The molecule has 0 atom stereocenters. The van der Waals surface area contributed by atoms with Crippen LogP contribution in [0, 0.1) is 0 Å². The van der Waals surface area contributed by atoms with Crippen LogP contribution in [-0.2, 0) is 14.4 Å². The number of halogens is 6. The number of hydrogen-bond donors (Lipinski definition) is 0. The van der Waals surface area contributed by atoms with Crippen molar-refractivity contribution in [3.63, 3.8) is 0 Å². The van der Waals surface area contributed by atoms with Gasteiger partial charge in [0.15, 0.2) is 6.73 Å². The molecule has 1 saturated heterocycles. The first-order chi connectivity index (χ1) is 10.2. The molecule has 0 bridgehead atoms. The van der Waals surface area contributed by atoms with Crippen molar-refractivity contribution in [2.45, 2.75) is 45.2 Å². The normalized spacial score (nSPS) is 18.7. The van der Waals surface area contributed by atoms with E-state index in [-0.39, 0.29) is 0 Å². The van der Waals surface area contributed by atoms with Gasteiger partial charge in [0, 0.05) is 12.8 Å². The van der Waals surface area contributed by atoms with E-state index in [2.05, 4.69) is 20.8 Å². The SMILES string of the molecule is CC[N+]1(COC(C)C)CCCC1.O=S(=O)([B-](F)(F)F)C(F)(F)F. The molecule has 23 heavy (non-hydrogen) atoms. The summed E-state index contributed by atoms with van der Waals surface area (Å²) in [6, 6.07) is 0. The van der Waals surface area contributed by atoms with Gasteiger partial charge < -0.3 is 22.2 Å². The quantitative estimate of drug-likeness (QED) is 0.422. The molecule has 1 fully saturated rings. The molecule has 0 saturated carbocycles. The lowest BCUT2D eigenvalue weighted by Crippen LogP contribution is -2.47. The highest BCUT2D eigenvalue weighted by Gasteiger charge is 2.58. The molecule has 1 rings (SSSR count). The Hall–Kier alpha value is -0.485. The van der Waals surface area contributed by atoms with Crippen LogP contribution in [0.5, 0.6) is 0 Å². The van der Waals surface area contributed by atoms with Crippen LogP contribution < -0.4 is 0 Å². The van der Waals surface area contributed by atoms with Crippen molar-refractivity contribution in [1.82, 2.24) is 0 Å². The van der Waals surface area contributed by atoms with E-state index < -0.39 is 21.5 Å². The Morgan fingerprint density at radius 1 is 1.13 bits per heavy atom. The average molecular weight is 373 g/mol. The predicted octanol–water partition coefficient (Wildman–Crippen LogP) is 3.26. The van der Waals surface area contributed by atoms with E-state index in [0.29, 0.717) is 6.10 Å². The number of rotatable bonds is 5. The molecule has 0 aliphatic carbocycles. The third-order valence-corrected chi connectivity index (χ3v) is 4.89. The summed E-state index contributed by atoms with van der Waals surface area (Å²) in [5.41, 5.74) is -6.24. The van der Waals surface area contributed by atoms with E-state index in [1.165, 1.54) is 37.0 Å². The van der Waals surface area contributed by atoms with Crippen molar-refractivity contribution in [3.8, 4) is 0 Å². The molecule has 0 aromatic heterocycles. The first kappa shape index (κ1) is 22.5. The second-order valence-corrected chi connectivity index (χ2v) is 7.75. The number of nitrogens with zero attached hydrogens (tertiary/aromatic N) is 1. The zero-order valence-corrected chi connectivity index (χ0v) is 14.1. The number of quaternary nitrogens is 1. The lowest BCUT2D eigenvalue weighted by Gasteiger charge is -2.33. The lowest BCUT2D eigenvalue weighted by molar-refractivity contribution is -0.934. The molecule has 140 valence electrons. The summed E-state index contributed by atoms with van der Waals surface area (Å²) in [4.78, 5) is 0. The van der Waals surface area contributed by atoms with E-state index in [1.54, 1.807) is 0 Å². The molecule has 0 amide bonds. The van der Waals surface area contributed by atoms with Gasteiger partial charge in [0.05, 0.1) is 25.7 Å². The minimum atomic E-state index is -6.95. The molecule has 4 nitrogen and oxygen atoms in total. The third kappa shape index (κ3) is 6.50. The van der Waals surface area contributed by atoms with Crippen molar-refractivity contribution in [1.29, 1.82) is 0 Å². The van der Waals surface area contributed by atoms with Crippen LogP contribution >= 0.6 is 0 Å². The van der Waals surface area contributed by atoms with Gasteiger partial charge in [-0.2, -0.15) is 13.2 Å². The molecular weight excluding hydrogens is 351 g/mol. The van der Waals surface area contributed by atoms with E-state index in [4.69, 9.17) is 4.74 Å². The molecule has 1 aliphatic heterocycles. The predicted molar refractivity (Wildman–Crippen MR) is 74.9 cm³/mol. The first-order valence-electron chi connectivity index (χ1n) is 7.15. The van der Waals surface area contributed by atoms with Gasteiger partial charge >= 0.3 is 11.8 Å². The van der Waals surface area contributed by atoms with Gasteiger partial charge in [0.1, 0.15) is 0 Å². The van der Waals surface area contributed by atoms with Crippen molar-refractivity contribution in [2.24, 2.45) is 0 Å². The van der Waals surface area contributed by atoms with Gasteiger partial charge in [-0.25, -0.2) is 0 Å². The summed E-state index contributed by atoms with van der Waals surface area (Å²) in [6.07, 6.45) is -3.75. The summed E-state index contributed by atoms with van der Waals surface area (Å²) in [7, 11) is -6.95. The number of hydrogen-bond acceptors (Lipinski definition) is 3. The van der Waals surface area contributed by atoms with Crippen molar-refractivity contribution < 1.29 is 43.8 Å². The summed E-state index contributed by atoms with van der Waals surface area (Å²) >= 11 is 0. The first-order valence-corrected chi connectivity index (χ1v) is 8.69. The highest BCUT2D eigenvalue weighted by atomic mass is 32.2. The second-order valence-electron chi connectivity index (χ2n) is 5.66. The Balaban J connectivity index is 0.000000423. The standard InChI is InChI=1S/C10H22NO.CBF6O2S/c1-4-11(7-5-6-8-11)9-12-10(2)3;3-1(4,5)11(9,10)2(6,7)8/h10H,4-9H2,1-3H3;/q+1;-1. The van der Waals surface area contributed by atoms with Crippen LogP contribution in [0.1, 0.15) is 33.6 Å². The second kappa shape index (κ2) is 8.06. The van der Waals surface area contributed by atoms with Gasteiger partial charge in [0.25, 0.3) is 0 Å². The van der Waals surface area contributed by atoms with Crippen LogP contribution in [0.25, 0.3) is 0 Å². The van der Waals surface area contributed by atoms with E-state index in [9.17, 15) is 34.5 Å². The van der Waals surface area contributed by atoms with E-state index in [1.807, 2.05) is 0 Å². The van der Waals surface area contributed by atoms with Crippen LogP contribution in [0.2, 0.25) is 0 Å². The molecule has 0 radical (unpaired) electrons. The summed E-state index contributed by atoms with van der Waals surface area (Å²) in [6.45, 7) is 11.3. The summed E-state index contributed by atoms with van der Waals surface area (Å²) in [5, 5.41) is 0. The Labute approximate surface area is 132 Å². The van der Waals surface area contributed by atoms with Gasteiger partial charge in [0.2, 0.25) is 9.69 Å².